The highest BCUT2D eigenvalue weighted by Crippen LogP contribution is 2.19. The number of fused-ring (bicyclic) bond motifs is 1. The van der Waals surface area contributed by atoms with E-state index in [4.69, 9.17) is 9.47 Å². The molecular weight excluding hydrogens is 408 g/mol. The molecule has 1 aliphatic rings. The number of nitrogens with one attached hydrogen (secondary N) is 1. The molecule has 0 bridgehead atoms. The number of hydrogen-bond acceptors (Lipinski definition) is 6. The molecular formula is C24H28N4O4. The molecule has 168 valence electrons. The number of rotatable bonds is 8. The predicted molar refractivity (Wildman–Crippen MR) is 120 cm³/mol. The van der Waals surface area contributed by atoms with Gasteiger partial charge in [-0.3, -0.25) is 14.4 Å². The lowest BCUT2D eigenvalue weighted by atomic mass is 10.1. The Bertz CT molecular complexity index is 1060. The minimum absolute atomic E-state index is 0.310. The van der Waals surface area contributed by atoms with Crippen LogP contribution in [0.5, 0.6) is 0 Å². The Labute approximate surface area is 187 Å². The van der Waals surface area contributed by atoms with Crippen molar-refractivity contribution in [2.75, 3.05) is 40.0 Å². The van der Waals surface area contributed by atoms with E-state index in [9.17, 15) is 9.59 Å². The molecule has 0 spiro atoms. The fourth-order valence-corrected chi connectivity index (χ4v) is 3.94. The normalized spacial score (nSPS) is 15.4. The molecule has 4 rings (SSSR count). The van der Waals surface area contributed by atoms with Crippen LogP contribution in [0.4, 0.5) is 0 Å². The van der Waals surface area contributed by atoms with Crippen molar-refractivity contribution in [2.24, 2.45) is 0 Å². The average Bonchev–Trinajstić information content (AvgIpc) is 3.22. The van der Waals surface area contributed by atoms with E-state index in [2.05, 4.69) is 15.3 Å². The zero-order chi connectivity index (χ0) is 22.3. The predicted octanol–water partition coefficient (Wildman–Crippen LogP) is 1.88. The van der Waals surface area contributed by atoms with Crippen LogP contribution in [0.2, 0.25) is 0 Å². The minimum Gasteiger partial charge on any atom is -0.467 e. The van der Waals surface area contributed by atoms with Crippen molar-refractivity contribution in [3.8, 4) is 0 Å². The van der Waals surface area contributed by atoms with Crippen molar-refractivity contribution >= 4 is 22.8 Å². The maximum Gasteiger partial charge on any atom is 0.328 e. The lowest BCUT2D eigenvalue weighted by molar-refractivity contribution is -0.142. The molecule has 8 nitrogen and oxygen atoms in total. The maximum atomic E-state index is 13.2. The third kappa shape index (κ3) is 5.15. The number of methoxy groups -OCH3 is 1. The molecule has 1 aliphatic heterocycles. The molecule has 0 saturated carbocycles. The second-order valence-electron chi connectivity index (χ2n) is 7.78. The highest BCUT2D eigenvalue weighted by molar-refractivity contribution is 6.06. The van der Waals surface area contributed by atoms with E-state index in [1.54, 1.807) is 0 Å². The van der Waals surface area contributed by atoms with Crippen LogP contribution in [-0.2, 0) is 27.2 Å². The first-order valence-corrected chi connectivity index (χ1v) is 10.8. The van der Waals surface area contributed by atoms with Gasteiger partial charge in [-0.05, 0) is 11.6 Å². The number of morpholine rings is 1. The molecule has 2 aromatic carbocycles. The largest absolute Gasteiger partial charge is 0.467 e. The Balaban J connectivity index is 1.53. The monoisotopic (exact) mass is 436 g/mol. The first kappa shape index (κ1) is 22.0. The summed E-state index contributed by atoms with van der Waals surface area (Å²) in [7, 11) is 1.32. The van der Waals surface area contributed by atoms with E-state index in [1.165, 1.54) is 7.11 Å². The SMILES string of the molecule is COC(=O)[C@H](Cc1ccccc1)NC(=O)c1nn(CCN2CCOCC2)c2ccccc12. The van der Waals surface area contributed by atoms with E-state index in [0.717, 1.165) is 49.3 Å². The van der Waals surface area contributed by atoms with E-state index in [-0.39, 0.29) is 0 Å². The Hall–Kier alpha value is -3.23. The summed E-state index contributed by atoms with van der Waals surface area (Å²) in [5.41, 5.74) is 2.14. The number of esters is 1. The molecule has 2 heterocycles. The molecule has 32 heavy (non-hydrogen) atoms. The van der Waals surface area contributed by atoms with Crippen LogP contribution in [0.3, 0.4) is 0 Å². The third-order valence-electron chi connectivity index (χ3n) is 5.68. The fourth-order valence-electron chi connectivity index (χ4n) is 3.94. The van der Waals surface area contributed by atoms with Gasteiger partial charge < -0.3 is 14.8 Å². The van der Waals surface area contributed by atoms with Gasteiger partial charge >= 0.3 is 5.97 Å². The summed E-state index contributed by atoms with van der Waals surface area (Å²) in [4.78, 5) is 27.9. The van der Waals surface area contributed by atoms with Gasteiger partial charge in [-0.15, -0.1) is 0 Å². The molecule has 0 aliphatic carbocycles. The first-order chi connectivity index (χ1) is 15.7. The van der Waals surface area contributed by atoms with Crippen molar-refractivity contribution in [2.45, 2.75) is 19.0 Å². The second-order valence-corrected chi connectivity index (χ2v) is 7.78. The second kappa shape index (κ2) is 10.4. The summed E-state index contributed by atoms with van der Waals surface area (Å²) in [5, 5.41) is 8.20. The quantitative estimate of drug-likeness (QED) is 0.543. The molecule has 1 amide bonds. The van der Waals surface area contributed by atoms with Crippen molar-refractivity contribution in [1.82, 2.24) is 20.0 Å². The Morgan fingerprint density at radius 1 is 1.06 bits per heavy atom. The van der Waals surface area contributed by atoms with Gasteiger partial charge in [-0.1, -0.05) is 48.5 Å². The molecule has 1 atom stereocenters. The van der Waals surface area contributed by atoms with Crippen LogP contribution in [0.15, 0.2) is 54.6 Å². The van der Waals surface area contributed by atoms with Crippen LogP contribution in [0.25, 0.3) is 10.9 Å². The number of para-hydroxylation sites is 1. The molecule has 0 unspecified atom stereocenters. The van der Waals surface area contributed by atoms with Crippen LogP contribution in [-0.4, -0.2) is 72.6 Å². The topological polar surface area (TPSA) is 85.7 Å². The molecule has 8 heteroatoms. The molecule has 1 N–H and O–H groups in total. The maximum absolute atomic E-state index is 13.2. The van der Waals surface area contributed by atoms with Crippen molar-refractivity contribution in [3.05, 3.63) is 65.9 Å². The fraction of sp³-hybridized carbons (Fsp3) is 0.375. The summed E-state index contributed by atoms with van der Waals surface area (Å²) in [6.45, 7) is 4.76. The van der Waals surface area contributed by atoms with E-state index in [0.29, 0.717) is 18.7 Å². The van der Waals surface area contributed by atoms with Gasteiger partial charge in [0, 0.05) is 31.4 Å². The van der Waals surface area contributed by atoms with Gasteiger partial charge in [0.1, 0.15) is 6.04 Å². The van der Waals surface area contributed by atoms with Gasteiger partial charge in [0.25, 0.3) is 5.91 Å². The minimum atomic E-state index is -0.799. The van der Waals surface area contributed by atoms with Crippen molar-refractivity contribution in [1.29, 1.82) is 0 Å². The smallest absolute Gasteiger partial charge is 0.328 e. The van der Waals surface area contributed by atoms with Crippen molar-refractivity contribution in [3.63, 3.8) is 0 Å². The van der Waals surface area contributed by atoms with E-state index < -0.39 is 17.9 Å². The first-order valence-electron chi connectivity index (χ1n) is 10.8. The van der Waals surface area contributed by atoms with Crippen LogP contribution in [0, 0.1) is 0 Å². The number of hydrogen-bond donors (Lipinski definition) is 1. The van der Waals surface area contributed by atoms with Crippen LogP contribution >= 0.6 is 0 Å². The molecule has 1 aromatic heterocycles. The summed E-state index contributed by atoms with van der Waals surface area (Å²) in [6, 6.07) is 16.4. The van der Waals surface area contributed by atoms with Crippen LogP contribution in [0.1, 0.15) is 16.1 Å². The highest BCUT2D eigenvalue weighted by atomic mass is 16.5. The number of ether oxygens (including phenoxy) is 2. The van der Waals surface area contributed by atoms with Gasteiger partial charge in [0.05, 0.1) is 32.4 Å². The van der Waals surface area contributed by atoms with Crippen LogP contribution < -0.4 is 5.32 Å². The van der Waals surface area contributed by atoms with Gasteiger partial charge in [-0.25, -0.2) is 4.79 Å². The Morgan fingerprint density at radius 2 is 1.78 bits per heavy atom. The summed E-state index contributed by atoms with van der Waals surface area (Å²) < 4.78 is 12.2. The summed E-state index contributed by atoms with van der Waals surface area (Å²) in [5.74, 6) is -0.879. The molecule has 1 fully saturated rings. The number of aromatic nitrogens is 2. The average molecular weight is 437 g/mol. The Kier molecular flexibility index (Phi) is 7.14. The zero-order valence-corrected chi connectivity index (χ0v) is 18.2. The standard InChI is InChI=1S/C24H28N4O4/c1-31-24(30)20(17-18-7-3-2-4-8-18)25-23(29)22-19-9-5-6-10-21(19)28(26-22)12-11-27-13-15-32-16-14-27/h2-10,20H,11-17H2,1H3,(H,25,29)/t20-/m0/s1. The number of benzene rings is 2. The lowest BCUT2D eigenvalue weighted by Gasteiger charge is -2.26. The van der Waals surface area contributed by atoms with Gasteiger partial charge in [0.2, 0.25) is 0 Å². The van der Waals surface area contributed by atoms with E-state index >= 15 is 0 Å². The number of carbonyl (C=O) groups excluding carboxylic acids is 2. The van der Waals surface area contributed by atoms with Gasteiger partial charge in [-0.2, -0.15) is 5.10 Å². The molecule has 3 aromatic rings. The molecule has 1 saturated heterocycles. The summed E-state index contributed by atoms with van der Waals surface area (Å²) in [6.07, 6.45) is 0.342. The Morgan fingerprint density at radius 3 is 2.53 bits per heavy atom. The zero-order valence-electron chi connectivity index (χ0n) is 18.2. The number of carbonyl (C=O) groups is 2. The molecule has 0 radical (unpaired) electrons. The lowest BCUT2D eigenvalue weighted by Crippen LogP contribution is -2.43. The third-order valence-corrected chi connectivity index (χ3v) is 5.68. The van der Waals surface area contributed by atoms with Gasteiger partial charge in [0.15, 0.2) is 5.69 Å². The highest BCUT2D eigenvalue weighted by Gasteiger charge is 2.25. The number of amides is 1. The van der Waals surface area contributed by atoms with Crippen molar-refractivity contribution < 1.29 is 19.1 Å². The van der Waals surface area contributed by atoms with E-state index in [1.807, 2.05) is 59.3 Å². The number of nitrogens with zero attached hydrogens (tertiary/aromatic N) is 3. The summed E-state index contributed by atoms with van der Waals surface area (Å²) >= 11 is 0.